The van der Waals surface area contributed by atoms with E-state index in [1.54, 1.807) is 6.07 Å². The van der Waals surface area contributed by atoms with Crippen molar-refractivity contribution < 1.29 is 4.39 Å². The monoisotopic (exact) mass is 169 g/mol. The third-order valence-corrected chi connectivity index (χ3v) is 1.64. The largest absolute Gasteiger partial charge is 0.398 e. The SMILES string of the molecule is NCCC(F)c1cnccc1N. The fourth-order valence-electron chi connectivity index (χ4n) is 0.981. The van der Waals surface area contributed by atoms with Crippen molar-refractivity contribution in [2.75, 3.05) is 12.3 Å². The number of alkyl halides is 1. The van der Waals surface area contributed by atoms with Crippen molar-refractivity contribution in [1.82, 2.24) is 4.98 Å². The Balaban J connectivity index is 2.79. The standard InChI is InChI=1S/C8H12FN3/c9-7(1-3-10)6-5-12-4-2-8(6)11/h2,4-5,7H,1,3,10H2,(H2,11,12). The number of aromatic nitrogens is 1. The molecule has 1 atom stereocenters. The van der Waals surface area contributed by atoms with Gasteiger partial charge < -0.3 is 11.5 Å². The minimum atomic E-state index is -1.09. The van der Waals surface area contributed by atoms with Crippen LogP contribution in [0.25, 0.3) is 0 Å². The lowest BCUT2D eigenvalue weighted by Crippen LogP contribution is -2.05. The third kappa shape index (κ3) is 1.92. The lowest BCUT2D eigenvalue weighted by atomic mass is 10.1. The van der Waals surface area contributed by atoms with E-state index in [9.17, 15) is 4.39 Å². The van der Waals surface area contributed by atoms with Crippen LogP contribution in [0.5, 0.6) is 0 Å². The van der Waals surface area contributed by atoms with Gasteiger partial charge in [-0.05, 0) is 19.0 Å². The quantitative estimate of drug-likeness (QED) is 0.710. The second kappa shape index (κ2) is 4.01. The van der Waals surface area contributed by atoms with Crippen LogP contribution < -0.4 is 11.5 Å². The Morgan fingerprint density at radius 1 is 1.58 bits per heavy atom. The molecule has 12 heavy (non-hydrogen) atoms. The van der Waals surface area contributed by atoms with Crippen molar-refractivity contribution in [3.63, 3.8) is 0 Å². The second-order valence-corrected chi connectivity index (χ2v) is 2.55. The molecule has 0 aromatic carbocycles. The van der Waals surface area contributed by atoms with Gasteiger partial charge in [-0.15, -0.1) is 0 Å². The smallest absolute Gasteiger partial charge is 0.130 e. The Bertz CT molecular complexity index is 252. The van der Waals surface area contributed by atoms with E-state index in [4.69, 9.17) is 11.5 Å². The minimum absolute atomic E-state index is 0.288. The molecule has 0 saturated heterocycles. The van der Waals surface area contributed by atoms with Gasteiger partial charge in [-0.25, -0.2) is 4.39 Å². The Morgan fingerprint density at radius 3 is 2.92 bits per heavy atom. The fraction of sp³-hybridized carbons (Fsp3) is 0.375. The summed E-state index contributed by atoms with van der Waals surface area (Å²) in [6.07, 6.45) is 2.17. The molecule has 0 aliphatic heterocycles. The van der Waals surface area contributed by atoms with Gasteiger partial charge >= 0.3 is 0 Å². The molecule has 0 radical (unpaired) electrons. The Morgan fingerprint density at radius 2 is 2.33 bits per heavy atom. The van der Waals surface area contributed by atoms with E-state index in [-0.39, 0.29) is 6.42 Å². The lowest BCUT2D eigenvalue weighted by Gasteiger charge is -2.08. The predicted molar refractivity (Wildman–Crippen MR) is 46.2 cm³/mol. The maximum absolute atomic E-state index is 13.2. The maximum atomic E-state index is 13.2. The zero-order valence-electron chi connectivity index (χ0n) is 6.70. The molecule has 1 aromatic rings. The highest BCUT2D eigenvalue weighted by atomic mass is 19.1. The van der Waals surface area contributed by atoms with E-state index in [2.05, 4.69) is 4.98 Å². The number of hydrogen-bond acceptors (Lipinski definition) is 3. The third-order valence-electron chi connectivity index (χ3n) is 1.64. The molecule has 3 nitrogen and oxygen atoms in total. The van der Waals surface area contributed by atoms with Gasteiger partial charge in [0.05, 0.1) is 0 Å². The number of halogens is 1. The van der Waals surface area contributed by atoms with Gasteiger partial charge in [0.25, 0.3) is 0 Å². The van der Waals surface area contributed by atoms with E-state index in [1.165, 1.54) is 12.4 Å². The Hall–Kier alpha value is -1.16. The average molecular weight is 169 g/mol. The van der Waals surface area contributed by atoms with E-state index in [0.29, 0.717) is 17.8 Å². The summed E-state index contributed by atoms with van der Waals surface area (Å²) >= 11 is 0. The number of nitrogen functional groups attached to an aromatic ring is 1. The normalized spacial score (nSPS) is 12.8. The van der Waals surface area contributed by atoms with Crippen LogP contribution in [0.1, 0.15) is 18.2 Å². The van der Waals surface area contributed by atoms with Crippen molar-refractivity contribution in [1.29, 1.82) is 0 Å². The molecule has 0 saturated carbocycles. The first-order valence-corrected chi connectivity index (χ1v) is 3.79. The summed E-state index contributed by atoms with van der Waals surface area (Å²) in [4.78, 5) is 3.79. The van der Waals surface area contributed by atoms with Crippen LogP contribution in [0.15, 0.2) is 18.5 Å². The van der Waals surface area contributed by atoms with Crippen molar-refractivity contribution in [2.45, 2.75) is 12.6 Å². The summed E-state index contributed by atoms with van der Waals surface area (Å²) in [6.45, 7) is 0.315. The molecule has 1 rings (SSSR count). The van der Waals surface area contributed by atoms with Gasteiger partial charge in [0.1, 0.15) is 6.17 Å². The summed E-state index contributed by atoms with van der Waals surface area (Å²) in [5, 5.41) is 0. The molecular formula is C8H12FN3. The number of nitrogens with two attached hydrogens (primary N) is 2. The summed E-state index contributed by atoms with van der Waals surface area (Å²) in [5.74, 6) is 0. The van der Waals surface area contributed by atoms with Crippen LogP contribution in [-0.2, 0) is 0 Å². The second-order valence-electron chi connectivity index (χ2n) is 2.55. The van der Waals surface area contributed by atoms with Crippen LogP contribution in [-0.4, -0.2) is 11.5 Å². The summed E-state index contributed by atoms with van der Waals surface area (Å²) in [5.41, 5.74) is 11.6. The average Bonchev–Trinajstić information content (AvgIpc) is 2.05. The molecule has 1 aromatic heterocycles. The summed E-state index contributed by atoms with van der Waals surface area (Å²) < 4.78 is 13.2. The van der Waals surface area contributed by atoms with Gasteiger partial charge in [-0.2, -0.15) is 0 Å². The number of anilines is 1. The van der Waals surface area contributed by atoms with Gasteiger partial charge in [-0.1, -0.05) is 0 Å². The van der Waals surface area contributed by atoms with Gasteiger partial charge in [0, 0.05) is 23.6 Å². The van der Waals surface area contributed by atoms with Crippen LogP contribution in [0.4, 0.5) is 10.1 Å². The van der Waals surface area contributed by atoms with Crippen LogP contribution in [0, 0.1) is 0 Å². The van der Waals surface area contributed by atoms with E-state index in [1.807, 2.05) is 0 Å². The zero-order chi connectivity index (χ0) is 8.97. The Kier molecular flexibility index (Phi) is 2.99. The molecule has 1 unspecified atom stereocenters. The molecule has 0 bridgehead atoms. The number of nitrogens with zero attached hydrogens (tertiary/aromatic N) is 1. The molecule has 66 valence electrons. The molecule has 0 aliphatic rings. The highest BCUT2D eigenvalue weighted by Crippen LogP contribution is 2.24. The molecule has 0 amide bonds. The van der Waals surface area contributed by atoms with Crippen LogP contribution in [0.3, 0.4) is 0 Å². The lowest BCUT2D eigenvalue weighted by molar-refractivity contribution is 0.328. The molecule has 0 spiro atoms. The Labute approximate surface area is 70.6 Å². The predicted octanol–water partition coefficient (Wildman–Crippen LogP) is 1.02. The number of rotatable bonds is 3. The molecule has 0 aliphatic carbocycles. The van der Waals surface area contributed by atoms with E-state index < -0.39 is 6.17 Å². The first kappa shape index (κ1) is 8.93. The number of hydrogen-bond donors (Lipinski definition) is 2. The van der Waals surface area contributed by atoms with Crippen LogP contribution >= 0.6 is 0 Å². The maximum Gasteiger partial charge on any atom is 0.130 e. The molecule has 4 heteroatoms. The minimum Gasteiger partial charge on any atom is -0.398 e. The summed E-state index contributed by atoms with van der Waals surface area (Å²) in [6, 6.07) is 1.58. The molecular weight excluding hydrogens is 157 g/mol. The first-order valence-electron chi connectivity index (χ1n) is 3.79. The van der Waals surface area contributed by atoms with Gasteiger partial charge in [0.2, 0.25) is 0 Å². The van der Waals surface area contributed by atoms with E-state index in [0.717, 1.165) is 0 Å². The van der Waals surface area contributed by atoms with Crippen molar-refractivity contribution >= 4 is 5.69 Å². The van der Waals surface area contributed by atoms with E-state index >= 15 is 0 Å². The van der Waals surface area contributed by atoms with Gasteiger partial charge in [0.15, 0.2) is 0 Å². The highest BCUT2D eigenvalue weighted by Gasteiger charge is 2.11. The fourth-order valence-corrected chi connectivity index (χ4v) is 0.981. The van der Waals surface area contributed by atoms with Crippen molar-refractivity contribution in [3.05, 3.63) is 24.0 Å². The van der Waals surface area contributed by atoms with Crippen LogP contribution in [0.2, 0.25) is 0 Å². The summed E-state index contributed by atoms with van der Waals surface area (Å²) in [7, 11) is 0. The molecule has 1 heterocycles. The van der Waals surface area contributed by atoms with Crippen molar-refractivity contribution in [3.8, 4) is 0 Å². The highest BCUT2D eigenvalue weighted by molar-refractivity contribution is 5.45. The zero-order valence-corrected chi connectivity index (χ0v) is 6.70. The van der Waals surface area contributed by atoms with Crippen molar-refractivity contribution in [2.24, 2.45) is 5.73 Å². The number of pyridine rings is 1. The molecule has 0 fully saturated rings. The molecule has 4 N–H and O–H groups in total. The van der Waals surface area contributed by atoms with Gasteiger partial charge in [-0.3, -0.25) is 4.98 Å². The first-order chi connectivity index (χ1) is 5.75. The topological polar surface area (TPSA) is 64.9 Å².